The lowest BCUT2D eigenvalue weighted by Crippen LogP contribution is -2.48. The van der Waals surface area contributed by atoms with Crippen molar-refractivity contribution in [2.24, 2.45) is 0 Å². The zero-order valence-electron chi connectivity index (χ0n) is 15.1. The van der Waals surface area contributed by atoms with Gasteiger partial charge in [-0.05, 0) is 25.1 Å². The van der Waals surface area contributed by atoms with E-state index in [0.717, 1.165) is 25.1 Å². The number of hydrogen-bond donors (Lipinski definition) is 0. The second-order valence-corrected chi connectivity index (χ2v) is 6.92. The predicted octanol–water partition coefficient (Wildman–Crippen LogP) is 0.196. The molecule has 0 spiro atoms. The number of likely N-dealkylation sites (N-methyl/N-ethyl adjacent to an activating group) is 2. The molecule has 8 nitrogen and oxygen atoms in total. The molecule has 1 saturated heterocycles. The van der Waals surface area contributed by atoms with Crippen LogP contribution in [0.3, 0.4) is 0 Å². The molecule has 0 aromatic heterocycles. The number of piperazine rings is 1. The molecule has 3 aliphatic heterocycles. The SMILES string of the molecule is CN1CCN(C(=O)COc2c3c(cc4c2C(=O)N(C)CC4)OCO3)CC1. The lowest BCUT2D eigenvalue weighted by molar-refractivity contribution is -0.134. The first-order valence-electron chi connectivity index (χ1n) is 8.84. The van der Waals surface area contributed by atoms with Crippen LogP contribution in [0.1, 0.15) is 15.9 Å². The average Bonchev–Trinajstić information content (AvgIpc) is 3.10. The van der Waals surface area contributed by atoms with Crippen molar-refractivity contribution in [2.75, 3.05) is 60.2 Å². The van der Waals surface area contributed by atoms with Gasteiger partial charge in [0.1, 0.15) is 0 Å². The lowest BCUT2D eigenvalue weighted by Gasteiger charge is -2.32. The Morgan fingerprint density at radius 1 is 1.15 bits per heavy atom. The van der Waals surface area contributed by atoms with E-state index in [9.17, 15) is 9.59 Å². The van der Waals surface area contributed by atoms with Gasteiger partial charge in [0.25, 0.3) is 11.8 Å². The summed E-state index contributed by atoms with van der Waals surface area (Å²) in [5, 5.41) is 0. The summed E-state index contributed by atoms with van der Waals surface area (Å²) in [6, 6.07) is 1.84. The highest BCUT2D eigenvalue weighted by Gasteiger charge is 2.33. The van der Waals surface area contributed by atoms with Gasteiger partial charge >= 0.3 is 0 Å². The maximum absolute atomic E-state index is 12.7. The van der Waals surface area contributed by atoms with Gasteiger partial charge in [-0.3, -0.25) is 9.59 Å². The highest BCUT2D eigenvalue weighted by atomic mass is 16.7. The molecule has 0 aliphatic carbocycles. The molecule has 0 saturated carbocycles. The number of carbonyl (C=O) groups excluding carboxylic acids is 2. The fourth-order valence-corrected chi connectivity index (χ4v) is 3.49. The van der Waals surface area contributed by atoms with Crippen LogP contribution in [-0.4, -0.2) is 86.7 Å². The van der Waals surface area contributed by atoms with Crippen LogP contribution in [0, 0.1) is 0 Å². The van der Waals surface area contributed by atoms with Crippen LogP contribution in [0.15, 0.2) is 6.07 Å². The van der Waals surface area contributed by atoms with Gasteiger partial charge in [-0.1, -0.05) is 0 Å². The molecule has 1 fully saturated rings. The van der Waals surface area contributed by atoms with Gasteiger partial charge in [-0.25, -0.2) is 0 Å². The summed E-state index contributed by atoms with van der Waals surface area (Å²) in [5.41, 5.74) is 1.36. The van der Waals surface area contributed by atoms with Crippen LogP contribution in [0.2, 0.25) is 0 Å². The van der Waals surface area contributed by atoms with Crippen molar-refractivity contribution in [3.8, 4) is 17.2 Å². The van der Waals surface area contributed by atoms with Crippen LogP contribution in [0.5, 0.6) is 17.2 Å². The molecule has 0 N–H and O–H groups in total. The van der Waals surface area contributed by atoms with Gasteiger partial charge in [0.2, 0.25) is 12.5 Å². The van der Waals surface area contributed by atoms with Gasteiger partial charge in [-0.15, -0.1) is 0 Å². The fraction of sp³-hybridized carbons (Fsp3) is 0.556. The molecule has 1 aromatic carbocycles. The molecule has 140 valence electrons. The number of rotatable bonds is 3. The van der Waals surface area contributed by atoms with Crippen molar-refractivity contribution >= 4 is 11.8 Å². The minimum atomic E-state index is -0.119. The number of nitrogens with zero attached hydrogens (tertiary/aromatic N) is 3. The molecule has 8 heteroatoms. The smallest absolute Gasteiger partial charge is 0.260 e. The third-order valence-electron chi connectivity index (χ3n) is 5.17. The molecule has 3 heterocycles. The van der Waals surface area contributed by atoms with Crippen molar-refractivity contribution in [1.82, 2.24) is 14.7 Å². The van der Waals surface area contributed by atoms with Crippen molar-refractivity contribution in [2.45, 2.75) is 6.42 Å². The van der Waals surface area contributed by atoms with Crippen LogP contribution >= 0.6 is 0 Å². The first kappa shape index (κ1) is 17.0. The largest absolute Gasteiger partial charge is 0.479 e. The highest BCUT2D eigenvalue weighted by Crippen LogP contribution is 2.46. The van der Waals surface area contributed by atoms with E-state index in [1.54, 1.807) is 16.8 Å². The fourth-order valence-electron chi connectivity index (χ4n) is 3.49. The molecule has 0 bridgehead atoms. The summed E-state index contributed by atoms with van der Waals surface area (Å²) in [6.07, 6.45) is 0.719. The van der Waals surface area contributed by atoms with E-state index in [1.165, 1.54) is 0 Å². The zero-order valence-corrected chi connectivity index (χ0v) is 15.1. The van der Waals surface area contributed by atoms with Crippen LogP contribution in [0.25, 0.3) is 0 Å². The van der Waals surface area contributed by atoms with E-state index in [1.807, 2.05) is 13.1 Å². The van der Waals surface area contributed by atoms with Crippen molar-refractivity contribution < 1.29 is 23.8 Å². The maximum Gasteiger partial charge on any atom is 0.260 e. The summed E-state index contributed by atoms with van der Waals surface area (Å²) in [6.45, 7) is 3.68. The number of ether oxygens (including phenoxy) is 3. The van der Waals surface area contributed by atoms with E-state index in [0.29, 0.717) is 42.4 Å². The number of amides is 2. The predicted molar refractivity (Wildman–Crippen MR) is 92.8 cm³/mol. The Morgan fingerprint density at radius 2 is 1.92 bits per heavy atom. The summed E-state index contributed by atoms with van der Waals surface area (Å²) >= 11 is 0. The Morgan fingerprint density at radius 3 is 2.69 bits per heavy atom. The first-order chi connectivity index (χ1) is 12.5. The Labute approximate surface area is 152 Å². The Bertz CT molecular complexity index is 743. The number of fused-ring (bicyclic) bond motifs is 2. The molecular formula is C18H23N3O5. The summed E-state index contributed by atoms with van der Waals surface area (Å²) in [7, 11) is 3.80. The van der Waals surface area contributed by atoms with Gasteiger partial charge in [0.05, 0.1) is 5.56 Å². The van der Waals surface area contributed by atoms with Crippen molar-refractivity contribution in [3.05, 3.63) is 17.2 Å². The van der Waals surface area contributed by atoms with Gasteiger partial charge in [-0.2, -0.15) is 0 Å². The molecule has 3 aliphatic rings. The molecule has 0 unspecified atom stereocenters. The molecule has 4 rings (SSSR count). The summed E-state index contributed by atoms with van der Waals surface area (Å²) in [5.74, 6) is 1.11. The Balaban J connectivity index is 1.57. The molecule has 2 amide bonds. The van der Waals surface area contributed by atoms with E-state index < -0.39 is 0 Å². The monoisotopic (exact) mass is 361 g/mol. The van der Waals surface area contributed by atoms with E-state index in [2.05, 4.69) is 4.90 Å². The number of carbonyl (C=O) groups is 2. The quantitative estimate of drug-likeness (QED) is 0.766. The van der Waals surface area contributed by atoms with E-state index in [-0.39, 0.29) is 25.2 Å². The maximum atomic E-state index is 12.7. The standard InChI is InChI=1S/C18H23N3O5/c1-19-5-7-21(8-6-19)14(22)10-24-17-15-12(3-4-20(2)18(15)23)9-13-16(17)26-11-25-13/h9H,3-8,10-11H2,1-2H3. The number of hydrogen-bond acceptors (Lipinski definition) is 6. The third-order valence-corrected chi connectivity index (χ3v) is 5.17. The Hall–Kier alpha value is -2.48. The Kier molecular flexibility index (Phi) is 4.36. The first-order valence-corrected chi connectivity index (χ1v) is 8.84. The van der Waals surface area contributed by atoms with Gasteiger partial charge in [0.15, 0.2) is 18.1 Å². The van der Waals surface area contributed by atoms with E-state index in [4.69, 9.17) is 14.2 Å². The second kappa shape index (κ2) is 6.68. The van der Waals surface area contributed by atoms with Gasteiger partial charge < -0.3 is 28.9 Å². The van der Waals surface area contributed by atoms with Crippen molar-refractivity contribution in [1.29, 1.82) is 0 Å². The average molecular weight is 361 g/mol. The topological polar surface area (TPSA) is 71.6 Å². The summed E-state index contributed by atoms with van der Waals surface area (Å²) in [4.78, 5) is 30.8. The molecular weight excluding hydrogens is 338 g/mol. The molecule has 0 radical (unpaired) electrons. The van der Waals surface area contributed by atoms with E-state index >= 15 is 0 Å². The zero-order chi connectivity index (χ0) is 18.3. The lowest BCUT2D eigenvalue weighted by atomic mass is 9.97. The molecule has 1 aromatic rings. The van der Waals surface area contributed by atoms with Gasteiger partial charge in [0, 0.05) is 39.8 Å². The normalized spacial score (nSPS) is 19.5. The minimum Gasteiger partial charge on any atom is -0.479 e. The third kappa shape index (κ3) is 2.94. The second-order valence-electron chi connectivity index (χ2n) is 6.92. The van der Waals surface area contributed by atoms with Crippen molar-refractivity contribution in [3.63, 3.8) is 0 Å². The highest BCUT2D eigenvalue weighted by molar-refractivity contribution is 6.01. The summed E-state index contributed by atoms with van der Waals surface area (Å²) < 4.78 is 16.8. The van der Waals surface area contributed by atoms with Crippen LogP contribution in [-0.2, 0) is 11.2 Å². The molecule has 0 atom stereocenters. The van der Waals surface area contributed by atoms with Crippen LogP contribution < -0.4 is 14.2 Å². The minimum absolute atomic E-state index is 0.0834. The van der Waals surface area contributed by atoms with Crippen LogP contribution in [0.4, 0.5) is 0 Å². The molecule has 26 heavy (non-hydrogen) atoms. The number of benzene rings is 1.